The molecule has 0 aliphatic heterocycles. The number of alkyl carbamates (subject to hydrolysis) is 1. The molecule has 1 aromatic rings. The highest BCUT2D eigenvalue weighted by molar-refractivity contribution is 5.98. The lowest BCUT2D eigenvalue weighted by Gasteiger charge is -2.27. The first-order valence-electron chi connectivity index (χ1n) is 13.7. The van der Waals surface area contributed by atoms with Crippen LogP contribution in [0.5, 0.6) is 5.75 Å². The molecule has 1 unspecified atom stereocenters. The normalized spacial score (nSPS) is 13.0. The highest BCUT2D eigenvalue weighted by Gasteiger charge is 2.28. The summed E-state index contributed by atoms with van der Waals surface area (Å²) in [5.41, 5.74) is 4.29. The number of nitrogens with one attached hydrogen (secondary N) is 2. The second-order valence-corrected chi connectivity index (χ2v) is 12.5. The molecule has 0 bridgehead atoms. The Morgan fingerprint density at radius 1 is 0.905 bits per heavy atom. The summed E-state index contributed by atoms with van der Waals surface area (Å²) in [7, 11) is 1.53. The van der Waals surface area contributed by atoms with Gasteiger partial charge in [-0.3, -0.25) is 4.79 Å². The Balaban J connectivity index is 3.11. The SMILES string of the molecule is COc1ccccc1CNC(=O)C(CCCN(C(=O)OC(C)(C)C)/C(N)=N/C(=O)OC(C)(C)C)NC(=O)OC(C)(C)C. The van der Waals surface area contributed by atoms with Crippen LogP contribution in [-0.2, 0) is 25.5 Å². The summed E-state index contributed by atoms with van der Waals surface area (Å²) >= 11 is 0. The number of amides is 4. The maximum absolute atomic E-state index is 13.2. The van der Waals surface area contributed by atoms with Gasteiger partial charge in [-0.15, -0.1) is 4.99 Å². The fourth-order valence-electron chi connectivity index (χ4n) is 3.38. The Bertz CT molecular complexity index is 1120. The van der Waals surface area contributed by atoms with Crippen LogP contribution in [0.3, 0.4) is 0 Å². The number of guanidine groups is 1. The number of carbonyl (C=O) groups is 4. The Morgan fingerprint density at radius 3 is 2.02 bits per heavy atom. The number of methoxy groups -OCH3 is 1. The van der Waals surface area contributed by atoms with Gasteiger partial charge in [0.1, 0.15) is 28.6 Å². The van der Waals surface area contributed by atoms with Crippen molar-refractivity contribution in [3.8, 4) is 5.75 Å². The van der Waals surface area contributed by atoms with E-state index in [1.165, 1.54) is 7.11 Å². The van der Waals surface area contributed by atoms with Crippen molar-refractivity contribution in [2.45, 2.75) is 105 Å². The number of nitrogens with two attached hydrogens (primary N) is 1. The molecule has 1 rings (SSSR count). The summed E-state index contributed by atoms with van der Waals surface area (Å²) in [5, 5.41) is 5.39. The van der Waals surface area contributed by atoms with Gasteiger partial charge in [0.2, 0.25) is 11.9 Å². The summed E-state index contributed by atoms with van der Waals surface area (Å²) in [5.74, 6) is -0.316. The van der Waals surface area contributed by atoms with Crippen molar-refractivity contribution >= 4 is 30.1 Å². The number of aliphatic imine (C=N–C) groups is 1. The van der Waals surface area contributed by atoms with Crippen molar-refractivity contribution < 1.29 is 38.1 Å². The minimum Gasteiger partial charge on any atom is -0.496 e. The first-order chi connectivity index (χ1) is 19.2. The molecule has 42 heavy (non-hydrogen) atoms. The van der Waals surface area contributed by atoms with Gasteiger partial charge in [0.25, 0.3) is 0 Å². The minimum atomic E-state index is -1.03. The highest BCUT2D eigenvalue weighted by atomic mass is 16.6. The molecule has 1 atom stereocenters. The van der Waals surface area contributed by atoms with E-state index in [0.29, 0.717) is 5.75 Å². The van der Waals surface area contributed by atoms with E-state index in [-0.39, 0.29) is 25.9 Å². The molecule has 4 amide bonds. The third-order valence-corrected chi connectivity index (χ3v) is 5.02. The van der Waals surface area contributed by atoms with Crippen molar-refractivity contribution in [3.63, 3.8) is 0 Å². The highest BCUT2D eigenvalue weighted by Crippen LogP contribution is 2.17. The Hall–Kier alpha value is -4.03. The van der Waals surface area contributed by atoms with Crippen molar-refractivity contribution in [1.82, 2.24) is 15.5 Å². The molecular formula is C29H47N5O8. The van der Waals surface area contributed by atoms with Crippen LogP contribution >= 0.6 is 0 Å². The third kappa shape index (κ3) is 14.6. The van der Waals surface area contributed by atoms with Crippen molar-refractivity contribution in [1.29, 1.82) is 0 Å². The maximum Gasteiger partial charge on any atom is 0.437 e. The van der Waals surface area contributed by atoms with Gasteiger partial charge < -0.3 is 35.3 Å². The van der Waals surface area contributed by atoms with Gasteiger partial charge in [-0.25, -0.2) is 19.3 Å². The standard InChI is InChI=1S/C29H47N5O8/c1-27(2,3)40-24(36)32-20(22(35)31-18-19-14-11-12-16-21(19)39-10)15-13-17-34(26(38)42-29(7,8)9)23(30)33-25(37)41-28(4,5)6/h11-12,14,16,20H,13,15,17-18H2,1-10H3,(H,31,35)(H,32,36)(H2,30,33,37). The second-order valence-electron chi connectivity index (χ2n) is 12.5. The third-order valence-electron chi connectivity index (χ3n) is 5.02. The summed E-state index contributed by atoms with van der Waals surface area (Å²) in [6.07, 6.45) is -2.37. The molecule has 0 aromatic heterocycles. The van der Waals surface area contributed by atoms with Crippen LogP contribution in [-0.4, -0.2) is 71.5 Å². The maximum atomic E-state index is 13.2. The average Bonchev–Trinajstić information content (AvgIpc) is 2.80. The number of ether oxygens (including phenoxy) is 4. The fourth-order valence-corrected chi connectivity index (χ4v) is 3.38. The Kier molecular flexibility index (Phi) is 13.1. The number of nitrogens with zero attached hydrogens (tertiary/aromatic N) is 2. The number of benzene rings is 1. The first-order valence-corrected chi connectivity index (χ1v) is 13.7. The van der Waals surface area contributed by atoms with E-state index in [0.717, 1.165) is 10.5 Å². The van der Waals surface area contributed by atoms with E-state index in [1.54, 1.807) is 74.4 Å². The second kappa shape index (κ2) is 15.3. The molecule has 0 aliphatic carbocycles. The van der Waals surface area contributed by atoms with Crippen molar-refractivity contribution in [2.24, 2.45) is 10.7 Å². The average molecular weight is 594 g/mol. The zero-order chi connectivity index (χ0) is 32.3. The fraction of sp³-hybridized carbons (Fsp3) is 0.621. The molecule has 0 saturated carbocycles. The van der Waals surface area contributed by atoms with Crippen LogP contribution < -0.4 is 21.1 Å². The van der Waals surface area contributed by atoms with Crippen LogP contribution in [0.2, 0.25) is 0 Å². The molecule has 236 valence electrons. The number of para-hydroxylation sites is 1. The van der Waals surface area contributed by atoms with E-state index >= 15 is 0 Å². The lowest BCUT2D eigenvalue weighted by Crippen LogP contribution is -2.49. The van der Waals surface area contributed by atoms with E-state index < -0.39 is 53.0 Å². The van der Waals surface area contributed by atoms with Gasteiger partial charge >= 0.3 is 18.3 Å². The summed E-state index contributed by atoms with van der Waals surface area (Å²) in [4.78, 5) is 55.6. The molecule has 1 aromatic carbocycles. The monoisotopic (exact) mass is 593 g/mol. The largest absolute Gasteiger partial charge is 0.496 e. The van der Waals surface area contributed by atoms with Crippen LogP contribution in [0.4, 0.5) is 14.4 Å². The zero-order valence-electron chi connectivity index (χ0n) is 26.5. The van der Waals surface area contributed by atoms with E-state index in [4.69, 9.17) is 24.7 Å². The van der Waals surface area contributed by atoms with Gasteiger partial charge in [-0.1, -0.05) is 18.2 Å². The van der Waals surface area contributed by atoms with E-state index in [2.05, 4.69) is 15.6 Å². The van der Waals surface area contributed by atoms with Crippen LogP contribution in [0.15, 0.2) is 29.3 Å². The topological polar surface area (TPSA) is 171 Å². The molecule has 0 fully saturated rings. The lowest BCUT2D eigenvalue weighted by atomic mass is 10.1. The van der Waals surface area contributed by atoms with E-state index in [1.807, 2.05) is 12.1 Å². The molecule has 0 heterocycles. The number of hydrogen-bond acceptors (Lipinski definition) is 8. The number of carbonyl (C=O) groups excluding carboxylic acids is 4. The van der Waals surface area contributed by atoms with Crippen LogP contribution in [0.25, 0.3) is 0 Å². The van der Waals surface area contributed by atoms with Gasteiger partial charge in [0.15, 0.2) is 0 Å². The van der Waals surface area contributed by atoms with E-state index in [9.17, 15) is 19.2 Å². The molecule has 0 saturated heterocycles. The number of rotatable bonds is 9. The molecule has 13 nitrogen and oxygen atoms in total. The van der Waals surface area contributed by atoms with Crippen molar-refractivity contribution in [2.75, 3.05) is 13.7 Å². The van der Waals surface area contributed by atoms with Gasteiger partial charge in [0, 0.05) is 18.7 Å². The molecule has 13 heteroatoms. The van der Waals surface area contributed by atoms with Crippen LogP contribution in [0.1, 0.15) is 80.7 Å². The zero-order valence-corrected chi connectivity index (χ0v) is 26.5. The predicted molar refractivity (Wildman–Crippen MR) is 158 cm³/mol. The molecule has 4 N–H and O–H groups in total. The van der Waals surface area contributed by atoms with Gasteiger partial charge in [-0.2, -0.15) is 0 Å². The predicted octanol–water partition coefficient (Wildman–Crippen LogP) is 4.47. The Labute approximate surface area is 248 Å². The smallest absolute Gasteiger partial charge is 0.437 e. The molecular weight excluding hydrogens is 546 g/mol. The van der Waals surface area contributed by atoms with Gasteiger partial charge in [-0.05, 0) is 81.2 Å². The van der Waals surface area contributed by atoms with Crippen molar-refractivity contribution in [3.05, 3.63) is 29.8 Å². The summed E-state index contributed by atoms with van der Waals surface area (Å²) in [6.45, 7) is 15.2. The van der Waals surface area contributed by atoms with Crippen LogP contribution in [0, 0.1) is 0 Å². The minimum absolute atomic E-state index is 0.0794. The lowest BCUT2D eigenvalue weighted by molar-refractivity contribution is -0.123. The number of hydrogen-bond donors (Lipinski definition) is 3. The molecule has 0 aliphatic rings. The first kappa shape index (κ1) is 36.0. The van der Waals surface area contributed by atoms with Gasteiger partial charge in [0.05, 0.1) is 7.11 Å². The summed E-state index contributed by atoms with van der Waals surface area (Å²) < 4.78 is 21.3. The Morgan fingerprint density at radius 2 is 1.48 bits per heavy atom. The molecule has 0 radical (unpaired) electrons. The quantitative estimate of drug-likeness (QED) is 0.212. The summed E-state index contributed by atoms with van der Waals surface area (Å²) in [6, 6.07) is 6.17. The molecule has 0 spiro atoms.